The lowest BCUT2D eigenvalue weighted by Gasteiger charge is -2.15. The third kappa shape index (κ3) is 1.84. The minimum absolute atomic E-state index is 0.282. The average molecular weight is 203 g/mol. The maximum Gasteiger partial charge on any atom is 0.416 e. The highest BCUT2D eigenvalue weighted by Gasteiger charge is 2.32. The average Bonchev–Trinajstić information content (AvgIpc) is 2.07. The smallest absolute Gasteiger partial charge is 0.388 e. The van der Waals surface area contributed by atoms with Crippen LogP contribution in [0.25, 0.3) is 0 Å². The molecule has 0 atom stereocenters. The van der Waals surface area contributed by atoms with Gasteiger partial charge in [0.2, 0.25) is 0 Å². The van der Waals surface area contributed by atoms with Crippen molar-refractivity contribution in [2.45, 2.75) is 20.0 Å². The Hall–Kier alpha value is -1.19. The van der Waals surface area contributed by atoms with E-state index in [1.807, 2.05) is 0 Å². The molecule has 0 spiro atoms. The van der Waals surface area contributed by atoms with Crippen LogP contribution in [0.2, 0.25) is 0 Å². The first kappa shape index (κ1) is 10.9. The zero-order valence-corrected chi connectivity index (χ0v) is 8.29. The molecule has 0 aliphatic heterocycles. The molecule has 1 rings (SSSR count). The Bertz CT molecular complexity index is 342. The second kappa shape index (κ2) is 3.52. The van der Waals surface area contributed by atoms with Gasteiger partial charge in [0.1, 0.15) is 0 Å². The molecule has 1 N–H and O–H groups in total. The quantitative estimate of drug-likeness (QED) is 0.737. The molecule has 0 aliphatic carbocycles. The summed E-state index contributed by atoms with van der Waals surface area (Å²) in [5.74, 6) is 0. The Morgan fingerprint density at radius 3 is 2.07 bits per heavy atom. The van der Waals surface area contributed by atoms with Gasteiger partial charge in [0, 0.05) is 12.7 Å². The minimum Gasteiger partial charge on any atom is -0.388 e. The SMILES string of the molecule is CNc1ccc(C(F)(F)F)c(C)c1C. The molecule has 0 amide bonds. The van der Waals surface area contributed by atoms with Crippen molar-refractivity contribution in [1.29, 1.82) is 0 Å². The molecular formula is C10H12F3N. The number of hydrogen-bond acceptors (Lipinski definition) is 1. The van der Waals surface area contributed by atoms with Gasteiger partial charge in [-0.05, 0) is 37.1 Å². The maximum absolute atomic E-state index is 12.4. The third-order valence-electron chi connectivity index (χ3n) is 2.36. The summed E-state index contributed by atoms with van der Waals surface area (Å²) in [7, 11) is 1.69. The van der Waals surface area contributed by atoms with Crippen LogP contribution in [0.5, 0.6) is 0 Å². The summed E-state index contributed by atoms with van der Waals surface area (Å²) in [4.78, 5) is 0. The second-order valence-corrected chi connectivity index (χ2v) is 3.16. The fourth-order valence-corrected chi connectivity index (χ4v) is 1.40. The number of benzene rings is 1. The van der Waals surface area contributed by atoms with E-state index in [2.05, 4.69) is 5.32 Å². The first-order chi connectivity index (χ1) is 6.38. The van der Waals surface area contributed by atoms with Gasteiger partial charge < -0.3 is 5.32 Å². The first-order valence-corrected chi connectivity index (χ1v) is 4.23. The van der Waals surface area contributed by atoms with Crippen LogP contribution in [0.3, 0.4) is 0 Å². The van der Waals surface area contributed by atoms with Crippen LogP contribution >= 0.6 is 0 Å². The van der Waals surface area contributed by atoms with Gasteiger partial charge in [0.05, 0.1) is 5.56 Å². The number of halogens is 3. The highest BCUT2D eigenvalue weighted by molar-refractivity contribution is 5.56. The molecule has 0 aliphatic rings. The van der Waals surface area contributed by atoms with Crippen molar-refractivity contribution >= 4 is 5.69 Å². The van der Waals surface area contributed by atoms with Crippen LogP contribution in [0.1, 0.15) is 16.7 Å². The molecule has 1 aromatic carbocycles. The van der Waals surface area contributed by atoms with Crippen LogP contribution < -0.4 is 5.32 Å². The van der Waals surface area contributed by atoms with Crippen molar-refractivity contribution in [3.05, 3.63) is 28.8 Å². The van der Waals surface area contributed by atoms with Crippen LogP contribution in [-0.4, -0.2) is 7.05 Å². The summed E-state index contributed by atoms with van der Waals surface area (Å²) < 4.78 is 37.3. The zero-order chi connectivity index (χ0) is 10.9. The molecule has 0 saturated carbocycles. The predicted octanol–water partition coefficient (Wildman–Crippen LogP) is 3.36. The van der Waals surface area contributed by atoms with E-state index in [9.17, 15) is 13.2 Å². The normalized spacial score (nSPS) is 11.6. The summed E-state index contributed by atoms with van der Waals surface area (Å²) in [6, 6.07) is 2.55. The van der Waals surface area contributed by atoms with Gasteiger partial charge in [0.15, 0.2) is 0 Å². The molecule has 0 heterocycles. The van der Waals surface area contributed by atoms with Crippen LogP contribution in [0.4, 0.5) is 18.9 Å². The lowest BCUT2D eigenvalue weighted by molar-refractivity contribution is -0.138. The van der Waals surface area contributed by atoms with E-state index in [1.165, 1.54) is 13.0 Å². The largest absolute Gasteiger partial charge is 0.416 e. The molecule has 0 unspecified atom stereocenters. The van der Waals surface area contributed by atoms with Crippen LogP contribution in [0, 0.1) is 13.8 Å². The summed E-state index contributed by atoms with van der Waals surface area (Å²) in [6.45, 7) is 3.16. The lowest BCUT2D eigenvalue weighted by Crippen LogP contribution is -2.09. The predicted molar refractivity (Wildman–Crippen MR) is 50.5 cm³/mol. The van der Waals surface area contributed by atoms with E-state index in [1.54, 1.807) is 14.0 Å². The van der Waals surface area contributed by atoms with Gasteiger partial charge in [-0.2, -0.15) is 13.2 Å². The van der Waals surface area contributed by atoms with E-state index in [0.717, 1.165) is 11.8 Å². The van der Waals surface area contributed by atoms with E-state index in [-0.39, 0.29) is 5.56 Å². The van der Waals surface area contributed by atoms with Gasteiger partial charge in [-0.15, -0.1) is 0 Å². The van der Waals surface area contributed by atoms with E-state index in [0.29, 0.717) is 5.56 Å². The van der Waals surface area contributed by atoms with Crippen molar-refractivity contribution in [3.63, 3.8) is 0 Å². The van der Waals surface area contributed by atoms with Crippen molar-refractivity contribution in [3.8, 4) is 0 Å². The zero-order valence-electron chi connectivity index (χ0n) is 8.29. The topological polar surface area (TPSA) is 12.0 Å². The molecule has 4 heteroatoms. The molecule has 0 fully saturated rings. The third-order valence-corrected chi connectivity index (χ3v) is 2.36. The number of hydrogen-bond donors (Lipinski definition) is 1. The summed E-state index contributed by atoms with van der Waals surface area (Å²) in [6.07, 6.45) is -4.26. The molecule has 0 bridgehead atoms. The second-order valence-electron chi connectivity index (χ2n) is 3.16. The fourth-order valence-electron chi connectivity index (χ4n) is 1.40. The number of nitrogens with one attached hydrogen (secondary N) is 1. The number of alkyl halides is 3. The van der Waals surface area contributed by atoms with Crippen LogP contribution in [0.15, 0.2) is 12.1 Å². The Morgan fingerprint density at radius 1 is 1.07 bits per heavy atom. The monoisotopic (exact) mass is 203 g/mol. The molecular weight excluding hydrogens is 191 g/mol. The van der Waals surface area contributed by atoms with Gasteiger partial charge >= 0.3 is 6.18 Å². The maximum atomic E-state index is 12.4. The Morgan fingerprint density at radius 2 is 1.64 bits per heavy atom. The number of anilines is 1. The molecule has 0 radical (unpaired) electrons. The standard InChI is InChI=1S/C10H12F3N/c1-6-7(2)9(14-3)5-4-8(6)10(11,12)13/h4-5,14H,1-3H3. The van der Waals surface area contributed by atoms with Crippen molar-refractivity contribution in [2.75, 3.05) is 12.4 Å². The van der Waals surface area contributed by atoms with Crippen molar-refractivity contribution < 1.29 is 13.2 Å². The van der Waals surface area contributed by atoms with E-state index >= 15 is 0 Å². The molecule has 0 saturated heterocycles. The highest BCUT2D eigenvalue weighted by atomic mass is 19.4. The highest BCUT2D eigenvalue weighted by Crippen LogP contribution is 2.34. The lowest BCUT2D eigenvalue weighted by atomic mass is 10.0. The van der Waals surface area contributed by atoms with Crippen LogP contribution in [-0.2, 0) is 6.18 Å². The molecule has 14 heavy (non-hydrogen) atoms. The van der Waals surface area contributed by atoms with Crippen molar-refractivity contribution in [1.82, 2.24) is 0 Å². The van der Waals surface area contributed by atoms with Gasteiger partial charge in [-0.3, -0.25) is 0 Å². The fraction of sp³-hybridized carbons (Fsp3) is 0.400. The summed E-state index contributed by atoms with van der Waals surface area (Å²) in [5.41, 5.74) is 1.09. The summed E-state index contributed by atoms with van der Waals surface area (Å²) >= 11 is 0. The molecule has 1 nitrogen and oxygen atoms in total. The molecule has 78 valence electrons. The Labute approximate surface area is 80.9 Å². The van der Waals surface area contributed by atoms with Gasteiger partial charge in [0.25, 0.3) is 0 Å². The molecule has 1 aromatic rings. The van der Waals surface area contributed by atoms with E-state index < -0.39 is 11.7 Å². The van der Waals surface area contributed by atoms with Gasteiger partial charge in [-0.25, -0.2) is 0 Å². The van der Waals surface area contributed by atoms with Crippen molar-refractivity contribution in [2.24, 2.45) is 0 Å². The number of rotatable bonds is 1. The minimum atomic E-state index is -4.26. The Kier molecular flexibility index (Phi) is 2.73. The van der Waals surface area contributed by atoms with E-state index in [4.69, 9.17) is 0 Å². The first-order valence-electron chi connectivity index (χ1n) is 4.23. The summed E-state index contributed by atoms with van der Waals surface area (Å²) in [5, 5.41) is 2.85. The van der Waals surface area contributed by atoms with Gasteiger partial charge in [-0.1, -0.05) is 0 Å². The Balaban J connectivity index is 3.31. The molecule has 0 aromatic heterocycles.